The summed E-state index contributed by atoms with van der Waals surface area (Å²) < 4.78 is 0. The molecule has 0 spiro atoms. The van der Waals surface area contributed by atoms with Gasteiger partial charge in [-0.3, -0.25) is 9.69 Å². The number of nitrogens with zero attached hydrogens (tertiary/aromatic N) is 3. The van der Waals surface area contributed by atoms with E-state index in [-0.39, 0.29) is 24.0 Å². The molecule has 6 nitrogen and oxygen atoms in total. The predicted molar refractivity (Wildman–Crippen MR) is 98.7 cm³/mol. The standard InChI is InChI=1S/C20H24N4O2/c1-2-22-9-5-6-13(11-22)24-19(25)18-10-15-14-7-3-4-8-16(14)21-17(15)12-23(18)20(24)26/h3-4,7-8,13,18,21H,2,5-6,9-12H2,1H3. The molecular formula is C20H24N4O2. The molecule has 3 aliphatic rings. The van der Waals surface area contributed by atoms with E-state index in [0.717, 1.165) is 43.7 Å². The number of hydrogen-bond donors (Lipinski definition) is 1. The monoisotopic (exact) mass is 352 g/mol. The van der Waals surface area contributed by atoms with Crippen LogP contribution in [-0.4, -0.2) is 63.3 Å². The molecule has 2 aromatic rings. The van der Waals surface area contributed by atoms with Crippen LogP contribution in [-0.2, 0) is 17.8 Å². The highest BCUT2D eigenvalue weighted by molar-refractivity contribution is 6.05. The van der Waals surface area contributed by atoms with Crippen LogP contribution in [0.2, 0.25) is 0 Å². The quantitative estimate of drug-likeness (QED) is 0.844. The topological polar surface area (TPSA) is 59.7 Å². The summed E-state index contributed by atoms with van der Waals surface area (Å²) in [7, 11) is 0. The second kappa shape index (κ2) is 5.84. The number of amides is 3. The molecule has 0 radical (unpaired) electrons. The number of likely N-dealkylation sites (tertiary alicyclic amines) is 1. The molecule has 0 aliphatic carbocycles. The Morgan fingerprint density at radius 2 is 2.08 bits per heavy atom. The number of aromatic amines is 1. The van der Waals surface area contributed by atoms with E-state index in [1.165, 1.54) is 10.9 Å². The number of likely N-dealkylation sites (N-methyl/N-ethyl adjacent to an activating group) is 1. The SMILES string of the molecule is CCN1CCCC(N2C(=O)C3Cc4c([nH]c5ccccc45)CN3C2=O)C1. The number of imide groups is 1. The maximum absolute atomic E-state index is 13.1. The van der Waals surface area contributed by atoms with Crippen molar-refractivity contribution in [3.63, 3.8) is 0 Å². The van der Waals surface area contributed by atoms with Crippen molar-refractivity contribution in [3.8, 4) is 0 Å². The van der Waals surface area contributed by atoms with Gasteiger partial charge in [0.15, 0.2) is 0 Å². The largest absolute Gasteiger partial charge is 0.357 e. The number of fused-ring (bicyclic) bond motifs is 4. The van der Waals surface area contributed by atoms with Crippen LogP contribution < -0.4 is 0 Å². The van der Waals surface area contributed by atoms with E-state index < -0.39 is 0 Å². The average molecular weight is 352 g/mol. The van der Waals surface area contributed by atoms with E-state index in [2.05, 4.69) is 28.9 Å². The molecule has 0 bridgehead atoms. The normalized spacial score (nSPS) is 26.5. The second-order valence-corrected chi connectivity index (χ2v) is 7.66. The van der Waals surface area contributed by atoms with Crippen molar-refractivity contribution in [1.82, 2.24) is 19.7 Å². The van der Waals surface area contributed by atoms with Gasteiger partial charge in [-0.1, -0.05) is 25.1 Å². The molecule has 2 saturated heterocycles. The van der Waals surface area contributed by atoms with Crippen LogP contribution in [0.3, 0.4) is 0 Å². The minimum atomic E-state index is -0.341. The molecule has 2 fully saturated rings. The number of aromatic nitrogens is 1. The highest BCUT2D eigenvalue weighted by Gasteiger charge is 2.50. The number of urea groups is 1. The van der Waals surface area contributed by atoms with E-state index in [0.29, 0.717) is 13.0 Å². The first-order valence-electron chi connectivity index (χ1n) is 9.62. The van der Waals surface area contributed by atoms with Crippen molar-refractivity contribution in [2.45, 2.75) is 44.8 Å². The molecule has 2 atom stereocenters. The molecular weight excluding hydrogens is 328 g/mol. The first kappa shape index (κ1) is 15.9. The van der Waals surface area contributed by atoms with E-state index in [9.17, 15) is 9.59 Å². The zero-order chi connectivity index (χ0) is 17.8. The summed E-state index contributed by atoms with van der Waals surface area (Å²) in [6.07, 6.45) is 2.58. The van der Waals surface area contributed by atoms with Crippen LogP contribution in [0.25, 0.3) is 10.9 Å². The summed E-state index contributed by atoms with van der Waals surface area (Å²) in [6.45, 7) is 5.48. The molecule has 4 heterocycles. The van der Waals surface area contributed by atoms with Gasteiger partial charge >= 0.3 is 6.03 Å². The van der Waals surface area contributed by atoms with E-state index in [1.807, 2.05) is 12.1 Å². The van der Waals surface area contributed by atoms with E-state index >= 15 is 0 Å². The molecule has 1 N–H and O–H groups in total. The zero-order valence-corrected chi connectivity index (χ0v) is 15.1. The molecule has 0 saturated carbocycles. The van der Waals surface area contributed by atoms with Crippen LogP contribution in [0.4, 0.5) is 4.79 Å². The lowest BCUT2D eigenvalue weighted by atomic mass is 9.97. The van der Waals surface area contributed by atoms with Gasteiger partial charge in [0.25, 0.3) is 5.91 Å². The first-order valence-corrected chi connectivity index (χ1v) is 9.62. The third-order valence-corrected chi connectivity index (χ3v) is 6.27. The van der Waals surface area contributed by atoms with Gasteiger partial charge in [-0.25, -0.2) is 4.79 Å². The van der Waals surface area contributed by atoms with Crippen molar-refractivity contribution in [2.24, 2.45) is 0 Å². The number of benzene rings is 1. The van der Waals surface area contributed by atoms with Crippen LogP contribution in [0.5, 0.6) is 0 Å². The maximum atomic E-state index is 13.1. The Labute approximate surface area is 152 Å². The number of hydrogen-bond acceptors (Lipinski definition) is 3. The smallest absolute Gasteiger partial charge is 0.328 e. The molecule has 1 aromatic carbocycles. The molecule has 1 aromatic heterocycles. The molecule has 2 unspecified atom stereocenters. The van der Waals surface area contributed by atoms with Gasteiger partial charge in [0, 0.05) is 29.6 Å². The Morgan fingerprint density at radius 1 is 1.23 bits per heavy atom. The first-order chi connectivity index (χ1) is 12.7. The van der Waals surface area contributed by atoms with Crippen molar-refractivity contribution < 1.29 is 9.59 Å². The number of carbonyl (C=O) groups is 2. The molecule has 26 heavy (non-hydrogen) atoms. The highest BCUT2D eigenvalue weighted by Crippen LogP contribution is 2.35. The van der Waals surface area contributed by atoms with Crippen LogP contribution >= 0.6 is 0 Å². The Kier molecular flexibility index (Phi) is 3.57. The lowest BCUT2D eigenvalue weighted by molar-refractivity contribution is -0.130. The molecule has 3 aliphatic heterocycles. The highest BCUT2D eigenvalue weighted by atomic mass is 16.2. The molecule has 5 rings (SSSR count). The number of piperidine rings is 1. The summed E-state index contributed by atoms with van der Waals surface area (Å²) >= 11 is 0. The van der Waals surface area contributed by atoms with E-state index in [4.69, 9.17) is 0 Å². The Balaban J connectivity index is 1.45. The minimum Gasteiger partial charge on any atom is -0.357 e. The van der Waals surface area contributed by atoms with Crippen LogP contribution in [0.15, 0.2) is 24.3 Å². The number of H-pyrrole nitrogens is 1. The van der Waals surface area contributed by atoms with Crippen molar-refractivity contribution in [1.29, 1.82) is 0 Å². The Morgan fingerprint density at radius 3 is 2.92 bits per heavy atom. The van der Waals surface area contributed by atoms with Gasteiger partial charge in [0.2, 0.25) is 0 Å². The van der Waals surface area contributed by atoms with Crippen molar-refractivity contribution >= 4 is 22.8 Å². The van der Waals surface area contributed by atoms with Crippen molar-refractivity contribution in [3.05, 3.63) is 35.5 Å². The molecule has 6 heteroatoms. The second-order valence-electron chi connectivity index (χ2n) is 7.66. The number of carbonyl (C=O) groups excluding carboxylic acids is 2. The zero-order valence-electron chi connectivity index (χ0n) is 15.1. The van der Waals surface area contributed by atoms with Crippen LogP contribution in [0.1, 0.15) is 31.0 Å². The summed E-state index contributed by atoms with van der Waals surface area (Å²) in [6, 6.07) is 7.75. The fourth-order valence-corrected chi connectivity index (χ4v) is 4.89. The van der Waals surface area contributed by atoms with Gasteiger partial charge in [-0.05, 0) is 37.6 Å². The molecule has 136 valence electrons. The number of rotatable bonds is 2. The Hall–Kier alpha value is -2.34. The van der Waals surface area contributed by atoms with Gasteiger partial charge in [-0.2, -0.15) is 0 Å². The summed E-state index contributed by atoms with van der Waals surface area (Å²) in [5.74, 6) is -0.00566. The number of para-hydroxylation sites is 1. The van der Waals surface area contributed by atoms with Crippen LogP contribution in [0, 0.1) is 0 Å². The molecule has 3 amide bonds. The lowest BCUT2D eigenvalue weighted by Crippen LogP contribution is -2.50. The third-order valence-electron chi connectivity index (χ3n) is 6.27. The van der Waals surface area contributed by atoms with Crippen molar-refractivity contribution in [2.75, 3.05) is 19.6 Å². The van der Waals surface area contributed by atoms with E-state index in [1.54, 1.807) is 9.80 Å². The summed E-state index contributed by atoms with van der Waals surface area (Å²) in [4.78, 5) is 35.3. The van der Waals surface area contributed by atoms with Gasteiger partial charge in [-0.15, -0.1) is 0 Å². The predicted octanol–water partition coefficient (Wildman–Crippen LogP) is 2.34. The fraction of sp³-hybridized carbons (Fsp3) is 0.500. The summed E-state index contributed by atoms with van der Waals surface area (Å²) in [5, 5.41) is 1.18. The van der Waals surface area contributed by atoms with Gasteiger partial charge < -0.3 is 14.8 Å². The van der Waals surface area contributed by atoms with Gasteiger partial charge in [0.05, 0.1) is 12.6 Å². The Bertz CT molecular complexity index is 889. The minimum absolute atomic E-state index is 0.00566. The average Bonchev–Trinajstić information content (AvgIpc) is 3.15. The fourth-order valence-electron chi connectivity index (χ4n) is 4.89. The van der Waals surface area contributed by atoms with Gasteiger partial charge in [0.1, 0.15) is 6.04 Å². The third kappa shape index (κ3) is 2.21. The lowest BCUT2D eigenvalue weighted by Gasteiger charge is -2.35. The summed E-state index contributed by atoms with van der Waals surface area (Å²) in [5.41, 5.74) is 3.36. The maximum Gasteiger partial charge on any atom is 0.328 e. The number of nitrogens with one attached hydrogen (secondary N) is 1.